The van der Waals surface area contributed by atoms with Gasteiger partial charge in [-0.1, -0.05) is 64.1 Å². The number of hydrogen-bond acceptors (Lipinski definition) is 2. The van der Waals surface area contributed by atoms with Crippen LogP contribution >= 0.6 is 11.3 Å². The molecule has 3 aromatic carbocycles. The highest BCUT2D eigenvalue weighted by Crippen LogP contribution is 2.49. The van der Waals surface area contributed by atoms with Crippen molar-refractivity contribution in [2.24, 2.45) is 7.05 Å². The van der Waals surface area contributed by atoms with E-state index < -0.39 is 0 Å². The SMILES string of the molecule is Cc1ccc2c(sc3c(-c4ccc5c(c4)C(C)(C)CCC5(C)C)c(C#N)ccc32)c1-c1cccc[n+]1C. The molecule has 37 heavy (non-hydrogen) atoms. The van der Waals surface area contributed by atoms with Crippen molar-refractivity contribution in [3.05, 3.63) is 89.1 Å². The summed E-state index contributed by atoms with van der Waals surface area (Å²) in [6, 6.07) is 24.5. The molecule has 0 spiro atoms. The second-order valence-corrected chi connectivity index (χ2v) is 13.0. The molecule has 2 aromatic heterocycles. The van der Waals surface area contributed by atoms with Crippen LogP contribution in [0.5, 0.6) is 0 Å². The summed E-state index contributed by atoms with van der Waals surface area (Å²) in [5.74, 6) is 0. The fourth-order valence-corrected chi connectivity index (χ4v) is 7.70. The van der Waals surface area contributed by atoms with E-state index in [1.165, 1.54) is 61.0 Å². The van der Waals surface area contributed by atoms with Gasteiger partial charge in [0.1, 0.15) is 7.05 Å². The van der Waals surface area contributed by atoms with Crippen LogP contribution < -0.4 is 4.57 Å². The number of pyridine rings is 1. The maximum Gasteiger partial charge on any atom is 0.213 e. The first-order valence-electron chi connectivity index (χ1n) is 13.1. The quantitative estimate of drug-likeness (QED) is 0.222. The molecule has 2 nitrogen and oxygen atoms in total. The molecular formula is C34H33N2S+. The van der Waals surface area contributed by atoms with E-state index in [-0.39, 0.29) is 10.8 Å². The summed E-state index contributed by atoms with van der Waals surface area (Å²) >= 11 is 1.83. The Kier molecular flexibility index (Phi) is 5.34. The Morgan fingerprint density at radius 1 is 0.811 bits per heavy atom. The summed E-state index contributed by atoms with van der Waals surface area (Å²) < 4.78 is 4.68. The average molecular weight is 502 g/mol. The number of fused-ring (bicyclic) bond motifs is 4. The van der Waals surface area contributed by atoms with Crippen molar-refractivity contribution in [2.45, 2.75) is 58.3 Å². The van der Waals surface area contributed by atoms with E-state index in [1.54, 1.807) is 0 Å². The van der Waals surface area contributed by atoms with E-state index >= 15 is 0 Å². The number of hydrogen-bond donors (Lipinski definition) is 0. The standard InChI is InChI=1S/C34H33N2S/c1-21-10-13-24-25-14-11-23(20-35)30(32(25)37-31(24)29(21)28-9-7-8-18-36(28)6)22-12-15-26-27(19-22)34(4,5)17-16-33(26,2)3/h7-15,18-19H,16-17H2,1-6H3/q+1. The number of nitriles is 1. The summed E-state index contributed by atoms with van der Waals surface area (Å²) in [6.45, 7) is 11.7. The number of thiophene rings is 1. The van der Waals surface area contributed by atoms with Gasteiger partial charge < -0.3 is 0 Å². The summed E-state index contributed by atoms with van der Waals surface area (Å²) in [7, 11) is 2.11. The fourth-order valence-electron chi connectivity index (χ4n) is 6.23. The van der Waals surface area contributed by atoms with Gasteiger partial charge in [0.25, 0.3) is 0 Å². The Morgan fingerprint density at radius 3 is 2.19 bits per heavy atom. The number of nitrogens with zero attached hydrogens (tertiary/aromatic N) is 2. The largest absolute Gasteiger partial charge is 0.213 e. The Bertz CT molecular complexity index is 1760. The highest BCUT2D eigenvalue weighted by Gasteiger charge is 2.37. The molecule has 0 saturated heterocycles. The average Bonchev–Trinajstić information content (AvgIpc) is 3.25. The van der Waals surface area contributed by atoms with Crippen LogP contribution in [0.1, 0.15) is 62.8 Å². The molecular weight excluding hydrogens is 468 g/mol. The van der Waals surface area contributed by atoms with Gasteiger partial charge in [0.2, 0.25) is 5.69 Å². The summed E-state index contributed by atoms with van der Waals surface area (Å²) in [5.41, 5.74) is 9.88. The number of benzene rings is 3. The minimum atomic E-state index is 0.119. The molecule has 5 aromatic rings. The minimum absolute atomic E-state index is 0.119. The molecule has 1 aliphatic rings. The molecule has 2 heterocycles. The maximum atomic E-state index is 10.2. The van der Waals surface area contributed by atoms with E-state index in [2.05, 4.69) is 113 Å². The first-order chi connectivity index (χ1) is 17.6. The maximum absolute atomic E-state index is 10.2. The molecule has 0 N–H and O–H groups in total. The van der Waals surface area contributed by atoms with Crippen molar-refractivity contribution in [1.29, 1.82) is 5.26 Å². The topological polar surface area (TPSA) is 27.7 Å². The fraction of sp³-hybridized carbons (Fsp3) is 0.294. The molecule has 0 fully saturated rings. The highest BCUT2D eigenvalue weighted by atomic mass is 32.1. The molecule has 0 radical (unpaired) electrons. The lowest BCUT2D eigenvalue weighted by Crippen LogP contribution is -2.33. The van der Waals surface area contributed by atoms with Crippen LogP contribution in [0.3, 0.4) is 0 Å². The third-order valence-electron chi connectivity index (χ3n) is 8.59. The van der Waals surface area contributed by atoms with E-state index in [0.29, 0.717) is 0 Å². The zero-order valence-corrected chi connectivity index (χ0v) is 23.4. The summed E-state index contributed by atoms with van der Waals surface area (Å²) in [6.07, 6.45) is 4.47. The van der Waals surface area contributed by atoms with E-state index in [1.807, 2.05) is 17.4 Å². The minimum Gasteiger partial charge on any atom is -0.201 e. The highest BCUT2D eigenvalue weighted by molar-refractivity contribution is 7.27. The van der Waals surface area contributed by atoms with E-state index in [0.717, 1.165) is 16.7 Å². The van der Waals surface area contributed by atoms with Crippen LogP contribution in [0.15, 0.2) is 66.9 Å². The van der Waals surface area contributed by atoms with Crippen molar-refractivity contribution in [1.82, 2.24) is 0 Å². The normalized spacial score (nSPS) is 16.0. The van der Waals surface area contributed by atoms with E-state index in [9.17, 15) is 5.26 Å². The molecule has 1 aliphatic carbocycles. The van der Waals surface area contributed by atoms with Gasteiger partial charge in [-0.25, -0.2) is 4.57 Å². The van der Waals surface area contributed by atoms with Gasteiger partial charge >= 0.3 is 0 Å². The Balaban J connectivity index is 1.68. The third-order valence-corrected chi connectivity index (χ3v) is 9.85. The smallest absolute Gasteiger partial charge is 0.201 e. The Hall–Kier alpha value is -3.48. The summed E-state index contributed by atoms with van der Waals surface area (Å²) in [5, 5.41) is 12.7. The molecule has 0 amide bonds. The Labute approximate surface area is 223 Å². The van der Waals surface area contributed by atoms with Gasteiger partial charge in [-0.3, -0.25) is 0 Å². The molecule has 0 aliphatic heterocycles. The molecule has 0 unspecified atom stereocenters. The van der Waals surface area contributed by atoms with Crippen LogP contribution in [0, 0.1) is 18.3 Å². The van der Waals surface area contributed by atoms with Gasteiger partial charge in [-0.15, -0.1) is 11.3 Å². The lowest BCUT2D eigenvalue weighted by Gasteiger charge is -2.42. The second kappa shape index (κ2) is 8.27. The van der Waals surface area contributed by atoms with Gasteiger partial charge in [0.05, 0.1) is 17.2 Å². The van der Waals surface area contributed by atoms with Crippen molar-refractivity contribution < 1.29 is 4.57 Å². The van der Waals surface area contributed by atoms with Gasteiger partial charge in [-0.2, -0.15) is 5.26 Å². The molecule has 184 valence electrons. The zero-order valence-electron chi connectivity index (χ0n) is 22.6. The lowest BCUT2D eigenvalue weighted by atomic mass is 9.63. The molecule has 0 atom stereocenters. The van der Waals surface area contributed by atoms with Crippen molar-refractivity contribution in [2.75, 3.05) is 0 Å². The second-order valence-electron chi connectivity index (χ2n) is 11.9. The molecule has 0 bridgehead atoms. The number of aromatic nitrogens is 1. The van der Waals surface area contributed by atoms with Crippen LogP contribution in [-0.2, 0) is 17.9 Å². The van der Waals surface area contributed by atoms with Crippen LogP contribution in [0.2, 0.25) is 0 Å². The van der Waals surface area contributed by atoms with Crippen LogP contribution in [0.4, 0.5) is 0 Å². The monoisotopic (exact) mass is 501 g/mol. The molecule has 3 heteroatoms. The first kappa shape index (κ1) is 23.9. The third kappa shape index (κ3) is 3.62. The Morgan fingerprint density at radius 2 is 1.49 bits per heavy atom. The predicted octanol–water partition coefficient (Wildman–Crippen LogP) is 8.74. The van der Waals surface area contributed by atoms with Gasteiger partial charge in [-0.05, 0) is 65.0 Å². The van der Waals surface area contributed by atoms with Crippen molar-refractivity contribution >= 4 is 31.5 Å². The van der Waals surface area contributed by atoms with Crippen LogP contribution in [-0.4, -0.2) is 0 Å². The van der Waals surface area contributed by atoms with Crippen molar-refractivity contribution in [3.63, 3.8) is 0 Å². The van der Waals surface area contributed by atoms with Crippen LogP contribution in [0.25, 0.3) is 42.6 Å². The summed E-state index contributed by atoms with van der Waals surface area (Å²) in [4.78, 5) is 0. The molecule has 0 saturated carbocycles. The van der Waals surface area contributed by atoms with Gasteiger partial charge in [0, 0.05) is 37.9 Å². The number of rotatable bonds is 2. The van der Waals surface area contributed by atoms with Gasteiger partial charge in [0.15, 0.2) is 6.20 Å². The van der Waals surface area contributed by atoms with E-state index in [4.69, 9.17) is 0 Å². The first-order valence-corrected chi connectivity index (χ1v) is 13.9. The van der Waals surface area contributed by atoms with Crippen molar-refractivity contribution in [3.8, 4) is 28.5 Å². The zero-order chi connectivity index (χ0) is 26.1. The predicted molar refractivity (Wildman–Crippen MR) is 156 cm³/mol. The number of aryl methyl sites for hydroxylation is 2. The lowest BCUT2D eigenvalue weighted by molar-refractivity contribution is -0.660. The molecule has 6 rings (SSSR count).